The minimum Gasteiger partial charge on any atom is -0.361 e. The van der Waals surface area contributed by atoms with Gasteiger partial charge in [0.2, 0.25) is 0 Å². The van der Waals surface area contributed by atoms with Crippen LogP contribution in [0.15, 0.2) is 30.5 Å². The Bertz CT molecular complexity index is 566. The molecule has 1 aromatic heterocycles. The molecule has 98 valence electrons. The molecule has 0 amide bonds. The van der Waals surface area contributed by atoms with Crippen LogP contribution in [0.5, 0.6) is 0 Å². The third-order valence-corrected chi connectivity index (χ3v) is 4.81. The fourth-order valence-electron chi connectivity index (χ4n) is 1.74. The molecule has 0 atom stereocenters. The summed E-state index contributed by atoms with van der Waals surface area (Å²) >= 11 is 0.671. The van der Waals surface area contributed by atoms with Gasteiger partial charge in [-0.3, -0.25) is 0 Å². The first kappa shape index (κ1) is 13.6. The molecule has 0 spiro atoms. The zero-order chi connectivity index (χ0) is 13.0. The third-order valence-electron chi connectivity index (χ3n) is 2.53. The minimum absolute atomic E-state index is 0.395. The molecule has 7 heteroatoms. The fourth-order valence-corrected chi connectivity index (χ4v) is 3.20. The number of aromatic nitrogens is 1. The molecule has 0 aliphatic carbocycles. The van der Waals surface area contributed by atoms with Crippen molar-refractivity contribution >= 4 is 29.1 Å². The van der Waals surface area contributed by atoms with Gasteiger partial charge < -0.3 is 20.1 Å². The van der Waals surface area contributed by atoms with Crippen molar-refractivity contribution in [2.24, 2.45) is 0 Å². The summed E-state index contributed by atoms with van der Waals surface area (Å²) in [7, 11) is 0. The quantitative estimate of drug-likeness (QED) is 0.482. The summed E-state index contributed by atoms with van der Waals surface area (Å²) in [5.74, 6) is 0.395. The Balaban J connectivity index is 1.82. The van der Waals surface area contributed by atoms with Crippen LogP contribution in [0.3, 0.4) is 0 Å². The molecule has 2 aromatic rings. The lowest BCUT2D eigenvalue weighted by Gasteiger charge is -2.04. The Labute approximate surface area is 109 Å². The van der Waals surface area contributed by atoms with E-state index in [-0.39, 0.29) is 0 Å². The van der Waals surface area contributed by atoms with Gasteiger partial charge in [-0.2, -0.15) is 0 Å². The van der Waals surface area contributed by atoms with Gasteiger partial charge in [0.15, 0.2) is 0 Å². The summed E-state index contributed by atoms with van der Waals surface area (Å²) in [6.07, 6.45) is 1.95. The van der Waals surface area contributed by atoms with E-state index in [0.29, 0.717) is 30.2 Å². The average molecular weight is 286 g/mol. The Hall–Kier alpha value is -0.780. The monoisotopic (exact) mass is 286 g/mol. The second-order valence-corrected chi connectivity index (χ2v) is 7.71. The smallest absolute Gasteiger partial charge is 0.361 e. The molecule has 18 heavy (non-hydrogen) atoms. The van der Waals surface area contributed by atoms with Crippen molar-refractivity contribution in [2.45, 2.75) is 6.54 Å². The van der Waals surface area contributed by atoms with E-state index in [1.54, 1.807) is 0 Å². The van der Waals surface area contributed by atoms with Crippen molar-refractivity contribution in [3.63, 3.8) is 0 Å². The highest BCUT2D eigenvalue weighted by Crippen LogP contribution is 2.49. The predicted octanol–water partition coefficient (Wildman–Crippen LogP) is 2.08. The van der Waals surface area contributed by atoms with Crippen molar-refractivity contribution < 1.29 is 14.4 Å². The Morgan fingerprint density at radius 2 is 2.11 bits per heavy atom. The number of rotatable bonds is 6. The zero-order valence-corrected chi connectivity index (χ0v) is 11.4. The van der Waals surface area contributed by atoms with Gasteiger partial charge in [0.25, 0.3) is 0 Å². The topological polar surface area (TPSA) is 85.3 Å². The molecule has 1 aromatic carbocycles. The van der Waals surface area contributed by atoms with Gasteiger partial charge in [-0.25, -0.2) is 4.57 Å². The third kappa shape index (κ3) is 3.86. The van der Waals surface area contributed by atoms with Crippen molar-refractivity contribution in [1.82, 2.24) is 10.3 Å². The molecular weight excluding hydrogens is 271 g/mol. The van der Waals surface area contributed by atoms with Crippen LogP contribution in [0.25, 0.3) is 10.9 Å². The van der Waals surface area contributed by atoms with Gasteiger partial charge in [0.1, 0.15) is 0 Å². The Morgan fingerprint density at radius 1 is 1.33 bits per heavy atom. The Morgan fingerprint density at radius 3 is 2.89 bits per heavy atom. The van der Waals surface area contributed by atoms with Crippen molar-refractivity contribution in [2.75, 3.05) is 12.3 Å². The standard InChI is InChI=1S/C11H15N2O3PS/c14-17(15,16)18-6-5-12-7-9-8-13-11-4-2-1-3-10(9)11/h1-4,8,12-13H,5-7H2,(H2,14,15,16). The highest BCUT2D eigenvalue weighted by atomic mass is 32.7. The SMILES string of the molecule is O=P(O)(O)SCCNCc1c[nH]c2ccccc12. The second-order valence-electron chi connectivity index (χ2n) is 3.86. The van der Waals surface area contributed by atoms with Gasteiger partial charge in [0, 0.05) is 35.9 Å². The zero-order valence-electron chi connectivity index (χ0n) is 9.67. The summed E-state index contributed by atoms with van der Waals surface area (Å²) in [5, 5.41) is 4.34. The second kappa shape index (κ2) is 5.91. The summed E-state index contributed by atoms with van der Waals surface area (Å²) < 4.78 is 10.6. The summed E-state index contributed by atoms with van der Waals surface area (Å²) in [4.78, 5) is 20.6. The molecule has 5 nitrogen and oxygen atoms in total. The molecule has 0 bridgehead atoms. The van der Waals surface area contributed by atoms with Gasteiger partial charge in [-0.05, 0) is 23.0 Å². The molecule has 0 unspecified atom stereocenters. The van der Waals surface area contributed by atoms with Crippen LogP contribution in [-0.4, -0.2) is 27.1 Å². The van der Waals surface area contributed by atoms with Gasteiger partial charge in [-0.15, -0.1) is 0 Å². The normalized spacial score (nSPS) is 12.1. The van der Waals surface area contributed by atoms with Gasteiger partial charge in [-0.1, -0.05) is 18.2 Å². The van der Waals surface area contributed by atoms with E-state index in [1.807, 2.05) is 30.5 Å². The first-order valence-corrected chi connectivity index (χ1v) is 8.72. The van der Waals surface area contributed by atoms with Crippen molar-refractivity contribution in [1.29, 1.82) is 0 Å². The predicted molar refractivity (Wildman–Crippen MR) is 74.5 cm³/mol. The number of H-pyrrole nitrogens is 1. The van der Waals surface area contributed by atoms with Crippen LogP contribution in [-0.2, 0) is 11.1 Å². The van der Waals surface area contributed by atoms with E-state index in [1.165, 1.54) is 5.39 Å². The fraction of sp³-hybridized carbons (Fsp3) is 0.273. The molecule has 0 saturated heterocycles. The summed E-state index contributed by atoms with van der Waals surface area (Å²) in [6.45, 7) is -2.68. The average Bonchev–Trinajstić information content (AvgIpc) is 2.71. The molecular formula is C11H15N2O3PS. The van der Waals surface area contributed by atoms with Crippen LogP contribution in [0.1, 0.15) is 5.56 Å². The summed E-state index contributed by atoms with van der Waals surface area (Å²) in [5.41, 5.74) is 2.26. The molecule has 0 radical (unpaired) electrons. The van der Waals surface area contributed by atoms with E-state index in [4.69, 9.17) is 9.79 Å². The van der Waals surface area contributed by atoms with Gasteiger partial charge >= 0.3 is 6.80 Å². The molecule has 0 aliphatic heterocycles. The van der Waals surface area contributed by atoms with Gasteiger partial charge in [0.05, 0.1) is 0 Å². The highest BCUT2D eigenvalue weighted by Gasteiger charge is 2.12. The number of benzene rings is 1. The van der Waals surface area contributed by atoms with E-state index in [9.17, 15) is 4.57 Å². The lowest BCUT2D eigenvalue weighted by molar-refractivity contribution is 0.397. The first-order valence-electron chi connectivity index (χ1n) is 5.52. The number of hydrogen-bond donors (Lipinski definition) is 4. The maximum absolute atomic E-state index is 10.6. The van der Waals surface area contributed by atoms with E-state index < -0.39 is 6.80 Å². The first-order chi connectivity index (χ1) is 8.56. The highest BCUT2D eigenvalue weighted by molar-refractivity contribution is 8.54. The maximum atomic E-state index is 10.6. The summed E-state index contributed by atoms with van der Waals surface area (Å²) in [6, 6.07) is 8.03. The van der Waals surface area contributed by atoms with Crippen molar-refractivity contribution in [3.8, 4) is 0 Å². The molecule has 0 aliphatic rings. The van der Waals surface area contributed by atoms with Crippen LogP contribution >= 0.6 is 18.2 Å². The molecule has 2 rings (SSSR count). The number of para-hydroxylation sites is 1. The number of fused-ring (bicyclic) bond motifs is 1. The molecule has 0 fully saturated rings. The van der Waals surface area contributed by atoms with Crippen molar-refractivity contribution in [3.05, 3.63) is 36.0 Å². The molecule has 0 saturated carbocycles. The number of nitrogens with one attached hydrogen (secondary N) is 2. The van der Waals surface area contributed by atoms with E-state index in [2.05, 4.69) is 10.3 Å². The van der Waals surface area contributed by atoms with E-state index in [0.717, 1.165) is 11.1 Å². The maximum Gasteiger partial charge on any atom is 0.384 e. The largest absolute Gasteiger partial charge is 0.384 e. The number of aromatic amines is 1. The lowest BCUT2D eigenvalue weighted by atomic mass is 10.2. The Kier molecular flexibility index (Phi) is 4.48. The lowest BCUT2D eigenvalue weighted by Crippen LogP contribution is -2.16. The van der Waals surface area contributed by atoms with Crippen LogP contribution < -0.4 is 5.32 Å². The van der Waals surface area contributed by atoms with Crippen LogP contribution in [0, 0.1) is 0 Å². The van der Waals surface area contributed by atoms with Crippen LogP contribution in [0.4, 0.5) is 0 Å². The van der Waals surface area contributed by atoms with E-state index >= 15 is 0 Å². The number of hydrogen-bond acceptors (Lipinski definition) is 3. The molecule has 4 N–H and O–H groups in total. The van der Waals surface area contributed by atoms with Crippen LogP contribution in [0.2, 0.25) is 0 Å². The minimum atomic E-state index is -3.93. The molecule has 1 heterocycles.